The van der Waals surface area contributed by atoms with Crippen LogP contribution in [0.15, 0.2) is 30.5 Å². The standard InChI is InChI=1S/C22H27N5O2.C2H6/c1-22(2,3)29-21(28)27-12-10-25-9-11-26(14-17(25)15-27)19-7-6-16(13-23)20-18(19)5-4-8-24-20;1-2/h4-8,17H,9-12,14-15H2,1-3H3;1-2H3. The number of carbonyl (C=O) groups excluding carboxylic acids is 1. The van der Waals surface area contributed by atoms with Crippen LogP contribution >= 0.6 is 0 Å². The average molecular weight is 424 g/mol. The van der Waals surface area contributed by atoms with Crippen LogP contribution in [0.2, 0.25) is 0 Å². The Kier molecular flexibility index (Phi) is 7.01. The van der Waals surface area contributed by atoms with Crippen molar-refractivity contribution in [3.8, 4) is 6.07 Å². The Morgan fingerprint density at radius 2 is 1.87 bits per heavy atom. The molecular weight excluding hydrogens is 390 g/mol. The van der Waals surface area contributed by atoms with Gasteiger partial charge < -0.3 is 14.5 Å². The monoisotopic (exact) mass is 423 g/mol. The number of fused-ring (bicyclic) bond motifs is 2. The zero-order valence-corrected chi connectivity index (χ0v) is 19.3. The molecule has 1 aromatic heterocycles. The van der Waals surface area contributed by atoms with Crippen molar-refractivity contribution in [1.82, 2.24) is 14.8 Å². The number of nitriles is 1. The van der Waals surface area contributed by atoms with Crippen molar-refractivity contribution in [2.75, 3.05) is 44.2 Å². The Balaban J connectivity index is 0.00000132. The van der Waals surface area contributed by atoms with Crippen LogP contribution in [0.3, 0.4) is 0 Å². The summed E-state index contributed by atoms with van der Waals surface area (Å²) in [6.45, 7) is 14.6. The van der Waals surface area contributed by atoms with Gasteiger partial charge in [0.25, 0.3) is 0 Å². The van der Waals surface area contributed by atoms with E-state index in [2.05, 4.69) is 20.9 Å². The van der Waals surface area contributed by atoms with Gasteiger partial charge >= 0.3 is 6.09 Å². The second kappa shape index (κ2) is 9.52. The van der Waals surface area contributed by atoms with Crippen molar-refractivity contribution in [2.45, 2.75) is 46.3 Å². The summed E-state index contributed by atoms with van der Waals surface area (Å²) in [5.74, 6) is 0. The molecule has 0 spiro atoms. The summed E-state index contributed by atoms with van der Waals surface area (Å²) in [6.07, 6.45) is 1.49. The molecule has 0 saturated carbocycles. The average Bonchev–Trinajstić information content (AvgIpc) is 2.77. The van der Waals surface area contributed by atoms with E-state index in [4.69, 9.17) is 4.74 Å². The van der Waals surface area contributed by atoms with Crippen LogP contribution in [0, 0.1) is 11.3 Å². The highest BCUT2D eigenvalue weighted by atomic mass is 16.6. The zero-order valence-electron chi connectivity index (χ0n) is 19.3. The number of nitrogens with zero attached hydrogens (tertiary/aromatic N) is 5. The van der Waals surface area contributed by atoms with E-state index < -0.39 is 5.60 Å². The summed E-state index contributed by atoms with van der Waals surface area (Å²) in [7, 11) is 0. The Labute approximate surface area is 185 Å². The van der Waals surface area contributed by atoms with Crippen LogP contribution in [0.1, 0.15) is 40.2 Å². The maximum atomic E-state index is 12.5. The minimum absolute atomic E-state index is 0.234. The van der Waals surface area contributed by atoms with Gasteiger partial charge in [0, 0.05) is 62.6 Å². The highest BCUT2D eigenvalue weighted by Gasteiger charge is 2.35. The molecule has 2 saturated heterocycles. The molecule has 2 aromatic rings. The maximum Gasteiger partial charge on any atom is 0.410 e. The first-order valence-corrected chi connectivity index (χ1v) is 11.1. The first kappa shape index (κ1) is 22.8. The lowest BCUT2D eigenvalue weighted by Gasteiger charge is -2.48. The van der Waals surface area contributed by atoms with Crippen LogP contribution < -0.4 is 4.90 Å². The number of piperazine rings is 2. The number of carbonyl (C=O) groups is 1. The van der Waals surface area contributed by atoms with E-state index in [1.165, 1.54) is 0 Å². The summed E-state index contributed by atoms with van der Waals surface area (Å²) in [4.78, 5) is 23.6. The van der Waals surface area contributed by atoms with E-state index in [1.54, 1.807) is 6.20 Å². The lowest BCUT2D eigenvalue weighted by atomic mass is 10.0. The fourth-order valence-electron chi connectivity index (χ4n) is 4.19. The van der Waals surface area contributed by atoms with E-state index in [0.717, 1.165) is 42.8 Å². The molecule has 4 rings (SSSR count). The summed E-state index contributed by atoms with van der Waals surface area (Å²) >= 11 is 0. The number of anilines is 1. The van der Waals surface area contributed by atoms with Gasteiger partial charge in [-0.1, -0.05) is 13.8 Å². The van der Waals surface area contributed by atoms with Crippen LogP contribution in [0.4, 0.5) is 10.5 Å². The number of hydrogen-bond donors (Lipinski definition) is 0. The molecule has 0 bridgehead atoms. The Bertz CT molecular complexity index is 963. The summed E-state index contributed by atoms with van der Waals surface area (Å²) in [6, 6.07) is 10.3. The Morgan fingerprint density at radius 1 is 1.13 bits per heavy atom. The van der Waals surface area contributed by atoms with Gasteiger partial charge in [-0.2, -0.15) is 5.26 Å². The number of hydrogen-bond acceptors (Lipinski definition) is 6. The minimum Gasteiger partial charge on any atom is -0.444 e. The second-order valence-electron chi connectivity index (χ2n) is 8.71. The topological polar surface area (TPSA) is 72.7 Å². The van der Waals surface area contributed by atoms with Crippen molar-refractivity contribution in [1.29, 1.82) is 5.26 Å². The molecule has 3 heterocycles. The molecule has 166 valence electrons. The van der Waals surface area contributed by atoms with Crippen LogP contribution in [-0.4, -0.2) is 71.8 Å². The molecule has 0 N–H and O–H groups in total. The Morgan fingerprint density at radius 3 is 2.58 bits per heavy atom. The van der Waals surface area contributed by atoms with Gasteiger partial charge in [-0.05, 0) is 45.0 Å². The van der Waals surface area contributed by atoms with Crippen molar-refractivity contribution in [3.63, 3.8) is 0 Å². The lowest BCUT2D eigenvalue weighted by molar-refractivity contribution is 0.00219. The van der Waals surface area contributed by atoms with Gasteiger partial charge in [-0.15, -0.1) is 0 Å². The molecule has 7 nitrogen and oxygen atoms in total. The van der Waals surface area contributed by atoms with E-state index in [-0.39, 0.29) is 12.1 Å². The quantitative estimate of drug-likeness (QED) is 0.693. The normalized spacial score (nSPS) is 19.2. The molecule has 2 aliphatic rings. The third-order valence-electron chi connectivity index (χ3n) is 5.55. The number of aromatic nitrogens is 1. The van der Waals surface area contributed by atoms with Gasteiger partial charge in [0.1, 0.15) is 11.7 Å². The predicted octanol–water partition coefficient (Wildman–Crippen LogP) is 3.87. The maximum absolute atomic E-state index is 12.5. The summed E-state index contributed by atoms with van der Waals surface area (Å²) in [5, 5.41) is 10.4. The first-order valence-electron chi connectivity index (χ1n) is 11.1. The predicted molar refractivity (Wildman–Crippen MR) is 123 cm³/mol. The SMILES string of the molecule is CC.CC(C)(C)OC(=O)N1CCN2CCN(c3ccc(C#N)c4ncccc34)CC2C1. The smallest absolute Gasteiger partial charge is 0.410 e. The fourth-order valence-corrected chi connectivity index (χ4v) is 4.19. The molecule has 0 radical (unpaired) electrons. The van der Waals surface area contributed by atoms with Gasteiger partial charge in [0.05, 0.1) is 11.1 Å². The molecule has 1 aromatic carbocycles. The molecule has 1 atom stereocenters. The van der Waals surface area contributed by atoms with Gasteiger partial charge in [-0.3, -0.25) is 9.88 Å². The molecule has 31 heavy (non-hydrogen) atoms. The lowest BCUT2D eigenvalue weighted by Crippen LogP contribution is -2.63. The van der Waals surface area contributed by atoms with E-state index in [9.17, 15) is 10.1 Å². The number of ether oxygens (including phenoxy) is 1. The number of pyridine rings is 1. The van der Waals surface area contributed by atoms with Crippen molar-refractivity contribution in [3.05, 3.63) is 36.0 Å². The first-order chi connectivity index (χ1) is 14.9. The van der Waals surface area contributed by atoms with Crippen LogP contribution in [0.5, 0.6) is 0 Å². The van der Waals surface area contributed by atoms with Crippen LogP contribution in [0.25, 0.3) is 10.9 Å². The molecule has 2 aliphatic heterocycles. The zero-order chi connectivity index (χ0) is 22.6. The fraction of sp³-hybridized carbons (Fsp3) is 0.542. The number of benzene rings is 1. The third kappa shape index (κ3) is 5.08. The molecule has 2 fully saturated rings. The van der Waals surface area contributed by atoms with Gasteiger partial charge in [0.2, 0.25) is 0 Å². The molecule has 1 unspecified atom stereocenters. The third-order valence-corrected chi connectivity index (χ3v) is 5.55. The largest absolute Gasteiger partial charge is 0.444 e. The summed E-state index contributed by atoms with van der Waals surface area (Å²) in [5.41, 5.74) is 1.95. The van der Waals surface area contributed by atoms with E-state index in [0.29, 0.717) is 18.7 Å². The van der Waals surface area contributed by atoms with E-state index in [1.807, 2.05) is 63.8 Å². The molecule has 7 heteroatoms. The highest BCUT2D eigenvalue weighted by molar-refractivity contribution is 5.95. The van der Waals surface area contributed by atoms with Gasteiger partial charge in [-0.25, -0.2) is 4.79 Å². The number of rotatable bonds is 1. The van der Waals surface area contributed by atoms with Crippen molar-refractivity contribution >= 4 is 22.7 Å². The second-order valence-corrected chi connectivity index (χ2v) is 8.71. The van der Waals surface area contributed by atoms with E-state index >= 15 is 0 Å². The Hall–Kier alpha value is -2.85. The highest BCUT2D eigenvalue weighted by Crippen LogP contribution is 2.30. The molecule has 0 aliphatic carbocycles. The number of amides is 1. The molecule has 1 amide bonds. The van der Waals surface area contributed by atoms with Crippen molar-refractivity contribution < 1.29 is 9.53 Å². The van der Waals surface area contributed by atoms with Crippen molar-refractivity contribution in [2.24, 2.45) is 0 Å². The van der Waals surface area contributed by atoms with Gasteiger partial charge in [0.15, 0.2) is 0 Å². The minimum atomic E-state index is -0.485. The molecular formula is C24H33N5O2. The van der Waals surface area contributed by atoms with Crippen LogP contribution in [-0.2, 0) is 4.74 Å². The summed E-state index contributed by atoms with van der Waals surface area (Å²) < 4.78 is 5.57.